The zero-order valence-corrected chi connectivity index (χ0v) is 21.3. The molecule has 180 valence electrons. The van der Waals surface area contributed by atoms with Crippen LogP contribution in [0.1, 0.15) is 162 Å². The lowest BCUT2D eigenvalue weighted by Gasteiger charge is -2.22. The lowest BCUT2D eigenvalue weighted by Crippen LogP contribution is -2.32. The second-order valence-corrected chi connectivity index (χ2v) is 9.49. The molecule has 0 unspecified atom stereocenters. The van der Waals surface area contributed by atoms with Gasteiger partial charge in [0.2, 0.25) is 5.91 Å². The lowest BCUT2D eigenvalue weighted by molar-refractivity contribution is -0.131. The highest BCUT2D eigenvalue weighted by atomic mass is 16.2. The van der Waals surface area contributed by atoms with Crippen LogP contribution in [-0.2, 0) is 4.79 Å². The van der Waals surface area contributed by atoms with Gasteiger partial charge in [0, 0.05) is 19.5 Å². The van der Waals surface area contributed by atoms with Gasteiger partial charge in [0.25, 0.3) is 0 Å². The highest BCUT2D eigenvalue weighted by Crippen LogP contribution is 2.14. The summed E-state index contributed by atoms with van der Waals surface area (Å²) in [5.41, 5.74) is 0. The number of nitrogens with zero attached hydrogens (tertiary/aromatic N) is 1. The summed E-state index contributed by atoms with van der Waals surface area (Å²) in [6.07, 6.45) is 29.1. The van der Waals surface area contributed by atoms with Gasteiger partial charge in [-0.15, -0.1) is 0 Å². The maximum Gasteiger partial charge on any atom is 0.222 e. The topological polar surface area (TPSA) is 20.3 Å². The van der Waals surface area contributed by atoms with Crippen molar-refractivity contribution >= 4 is 5.91 Å². The first-order valence-corrected chi connectivity index (χ1v) is 14.0. The van der Waals surface area contributed by atoms with Gasteiger partial charge in [0.15, 0.2) is 0 Å². The highest BCUT2D eigenvalue weighted by molar-refractivity contribution is 5.76. The Morgan fingerprint density at radius 2 is 0.733 bits per heavy atom. The summed E-state index contributed by atoms with van der Waals surface area (Å²) in [5.74, 6) is 0.401. The Kier molecular flexibility index (Phi) is 24.3. The van der Waals surface area contributed by atoms with Crippen LogP contribution in [0.2, 0.25) is 0 Å². The van der Waals surface area contributed by atoms with Crippen LogP contribution in [0.15, 0.2) is 0 Å². The van der Waals surface area contributed by atoms with Gasteiger partial charge < -0.3 is 4.90 Å². The smallest absolute Gasteiger partial charge is 0.222 e. The van der Waals surface area contributed by atoms with Gasteiger partial charge >= 0.3 is 0 Å². The molecule has 0 saturated carbocycles. The van der Waals surface area contributed by atoms with Gasteiger partial charge in [-0.2, -0.15) is 0 Å². The zero-order valence-electron chi connectivity index (χ0n) is 21.3. The van der Waals surface area contributed by atoms with E-state index < -0.39 is 0 Å². The van der Waals surface area contributed by atoms with E-state index in [0.717, 1.165) is 38.8 Å². The molecule has 1 amide bonds. The maximum atomic E-state index is 12.4. The predicted octanol–water partition coefficient (Wildman–Crippen LogP) is 9.46. The average molecular weight is 424 g/mol. The van der Waals surface area contributed by atoms with E-state index in [0.29, 0.717) is 5.91 Å². The van der Waals surface area contributed by atoms with Crippen molar-refractivity contribution in [3.8, 4) is 0 Å². The molecule has 0 aromatic rings. The van der Waals surface area contributed by atoms with Crippen LogP contribution in [0.5, 0.6) is 0 Å². The van der Waals surface area contributed by atoms with E-state index in [9.17, 15) is 4.79 Å². The Morgan fingerprint density at radius 1 is 0.433 bits per heavy atom. The van der Waals surface area contributed by atoms with Crippen LogP contribution in [-0.4, -0.2) is 23.9 Å². The van der Waals surface area contributed by atoms with Gasteiger partial charge in [-0.3, -0.25) is 4.79 Å². The molecule has 0 fully saturated rings. The van der Waals surface area contributed by atoms with E-state index in [2.05, 4.69) is 25.7 Å². The zero-order chi connectivity index (χ0) is 22.1. The first kappa shape index (κ1) is 29.5. The first-order valence-electron chi connectivity index (χ1n) is 14.0. The molecule has 0 saturated heterocycles. The molecule has 0 aromatic carbocycles. The van der Waals surface area contributed by atoms with Crippen LogP contribution >= 0.6 is 0 Å². The third-order valence-corrected chi connectivity index (χ3v) is 6.41. The van der Waals surface area contributed by atoms with E-state index in [4.69, 9.17) is 0 Å². The number of unbranched alkanes of at least 4 members (excludes halogenated alkanes) is 18. The van der Waals surface area contributed by atoms with Crippen molar-refractivity contribution in [1.29, 1.82) is 0 Å². The van der Waals surface area contributed by atoms with Crippen LogP contribution in [0.25, 0.3) is 0 Å². The SMILES string of the molecule is CCCCCCCCCCCCCCCCCCCC(=O)N(CCCC)CCCC. The highest BCUT2D eigenvalue weighted by Gasteiger charge is 2.11. The molecule has 0 aliphatic rings. The van der Waals surface area contributed by atoms with Gasteiger partial charge in [-0.25, -0.2) is 0 Å². The standard InChI is InChI=1S/C28H57NO/c1-4-7-10-11-12-13-14-15-16-17-18-19-20-21-22-23-24-25-28(30)29(26-8-5-2)27-9-6-3/h4-27H2,1-3H3. The summed E-state index contributed by atoms with van der Waals surface area (Å²) in [5, 5.41) is 0. The van der Waals surface area contributed by atoms with E-state index in [1.165, 1.54) is 116 Å². The molecule has 0 aliphatic heterocycles. The van der Waals surface area contributed by atoms with E-state index in [-0.39, 0.29) is 0 Å². The molecule has 0 spiro atoms. The van der Waals surface area contributed by atoms with Crippen LogP contribution < -0.4 is 0 Å². The molecule has 0 bridgehead atoms. The summed E-state index contributed by atoms with van der Waals surface area (Å²) in [6, 6.07) is 0. The number of hydrogen-bond acceptors (Lipinski definition) is 1. The van der Waals surface area contributed by atoms with Gasteiger partial charge in [0.05, 0.1) is 0 Å². The Labute approximate surface area is 191 Å². The van der Waals surface area contributed by atoms with Crippen molar-refractivity contribution in [3.63, 3.8) is 0 Å². The maximum absolute atomic E-state index is 12.4. The Morgan fingerprint density at radius 3 is 1.07 bits per heavy atom. The molecule has 0 aromatic heterocycles. The second-order valence-electron chi connectivity index (χ2n) is 9.49. The minimum atomic E-state index is 0.401. The molecule has 0 heterocycles. The fourth-order valence-corrected chi connectivity index (χ4v) is 4.22. The summed E-state index contributed by atoms with van der Waals surface area (Å²) < 4.78 is 0. The van der Waals surface area contributed by atoms with Gasteiger partial charge in [0.1, 0.15) is 0 Å². The average Bonchev–Trinajstić information content (AvgIpc) is 2.75. The largest absolute Gasteiger partial charge is 0.343 e. The van der Waals surface area contributed by atoms with Crippen molar-refractivity contribution in [1.82, 2.24) is 4.90 Å². The number of amides is 1. The number of hydrogen-bond donors (Lipinski definition) is 0. The number of carbonyl (C=O) groups is 1. The van der Waals surface area contributed by atoms with Crippen LogP contribution in [0.3, 0.4) is 0 Å². The molecule has 30 heavy (non-hydrogen) atoms. The van der Waals surface area contributed by atoms with Crippen molar-refractivity contribution in [2.75, 3.05) is 13.1 Å². The Hall–Kier alpha value is -0.530. The molecule has 2 nitrogen and oxygen atoms in total. The summed E-state index contributed by atoms with van der Waals surface area (Å²) in [7, 11) is 0. The Balaban J connectivity index is 3.37. The third kappa shape index (κ3) is 20.7. The van der Waals surface area contributed by atoms with Gasteiger partial charge in [-0.05, 0) is 19.3 Å². The molecule has 2 heteroatoms. The third-order valence-electron chi connectivity index (χ3n) is 6.41. The predicted molar refractivity (Wildman–Crippen MR) is 135 cm³/mol. The van der Waals surface area contributed by atoms with Crippen molar-refractivity contribution in [3.05, 3.63) is 0 Å². The van der Waals surface area contributed by atoms with Gasteiger partial charge in [-0.1, -0.05) is 136 Å². The van der Waals surface area contributed by atoms with Crippen LogP contribution in [0, 0.1) is 0 Å². The first-order chi connectivity index (χ1) is 14.8. The summed E-state index contributed by atoms with van der Waals surface area (Å²) >= 11 is 0. The van der Waals surface area contributed by atoms with Crippen molar-refractivity contribution < 1.29 is 4.79 Å². The quantitative estimate of drug-likeness (QED) is 0.141. The normalized spacial score (nSPS) is 11.2. The monoisotopic (exact) mass is 423 g/mol. The lowest BCUT2D eigenvalue weighted by atomic mass is 10.0. The van der Waals surface area contributed by atoms with E-state index >= 15 is 0 Å². The van der Waals surface area contributed by atoms with Crippen LogP contribution in [0.4, 0.5) is 0 Å². The minimum Gasteiger partial charge on any atom is -0.343 e. The molecular weight excluding hydrogens is 366 g/mol. The molecule has 0 rings (SSSR count). The van der Waals surface area contributed by atoms with E-state index in [1.807, 2.05) is 0 Å². The fraction of sp³-hybridized carbons (Fsp3) is 0.964. The minimum absolute atomic E-state index is 0.401. The molecular formula is C28H57NO. The number of rotatable bonds is 24. The molecule has 0 atom stereocenters. The number of carbonyl (C=O) groups excluding carboxylic acids is 1. The summed E-state index contributed by atoms with van der Waals surface area (Å²) in [4.78, 5) is 14.6. The van der Waals surface area contributed by atoms with Crippen molar-refractivity contribution in [2.24, 2.45) is 0 Å². The van der Waals surface area contributed by atoms with Crippen molar-refractivity contribution in [2.45, 2.75) is 162 Å². The Bertz CT molecular complexity index is 334. The molecule has 0 aliphatic carbocycles. The fourth-order valence-electron chi connectivity index (χ4n) is 4.22. The second kappa shape index (κ2) is 24.7. The molecule has 0 N–H and O–H groups in total. The molecule has 0 radical (unpaired) electrons. The van der Waals surface area contributed by atoms with E-state index in [1.54, 1.807) is 0 Å². The summed E-state index contributed by atoms with van der Waals surface area (Å²) in [6.45, 7) is 8.64.